The van der Waals surface area contributed by atoms with Crippen LogP contribution < -0.4 is 5.32 Å². The molecular formula is C18H19ClN2O. The summed E-state index contributed by atoms with van der Waals surface area (Å²) in [5.41, 5.74) is 2.68. The van der Waals surface area contributed by atoms with Gasteiger partial charge in [-0.3, -0.25) is 4.79 Å². The first-order chi connectivity index (χ1) is 10.6. The number of amides is 1. The van der Waals surface area contributed by atoms with Crippen LogP contribution in [-0.2, 0) is 0 Å². The first kappa shape index (κ1) is 15.1. The van der Waals surface area contributed by atoms with Gasteiger partial charge in [-0.15, -0.1) is 0 Å². The lowest BCUT2D eigenvalue weighted by Gasteiger charge is -2.32. The number of carbonyl (C=O) groups excluding carboxylic acids is 1. The second kappa shape index (κ2) is 6.51. The lowest BCUT2D eigenvalue weighted by atomic mass is 10.0. The Kier molecular flexibility index (Phi) is 4.46. The summed E-state index contributed by atoms with van der Waals surface area (Å²) >= 11 is 6.27. The summed E-state index contributed by atoms with van der Waals surface area (Å²) in [7, 11) is 0. The van der Waals surface area contributed by atoms with E-state index in [1.54, 1.807) is 0 Å². The molecule has 114 valence electrons. The molecule has 1 saturated heterocycles. The van der Waals surface area contributed by atoms with E-state index in [2.05, 4.69) is 12.2 Å². The zero-order valence-electron chi connectivity index (χ0n) is 12.6. The van der Waals surface area contributed by atoms with Gasteiger partial charge in [0.1, 0.15) is 0 Å². The summed E-state index contributed by atoms with van der Waals surface area (Å²) in [6.45, 7) is 4.34. The van der Waals surface area contributed by atoms with Crippen molar-refractivity contribution in [3.8, 4) is 11.1 Å². The van der Waals surface area contributed by atoms with Crippen LogP contribution in [0.15, 0.2) is 48.5 Å². The van der Waals surface area contributed by atoms with Crippen LogP contribution in [0.4, 0.5) is 0 Å². The maximum absolute atomic E-state index is 12.8. The van der Waals surface area contributed by atoms with Gasteiger partial charge in [-0.1, -0.05) is 48.0 Å². The largest absolute Gasteiger partial charge is 0.336 e. The second-order valence-corrected chi connectivity index (χ2v) is 6.07. The number of benzene rings is 2. The van der Waals surface area contributed by atoms with E-state index < -0.39 is 0 Å². The lowest BCUT2D eigenvalue weighted by Crippen LogP contribution is -2.51. The van der Waals surface area contributed by atoms with Crippen molar-refractivity contribution in [2.45, 2.75) is 13.0 Å². The highest BCUT2D eigenvalue weighted by molar-refractivity contribution is 6.34. The van der Waals surface area contributed by atoms with Crippen molar-refractivity contribution in [3.63, 3.8) is 0 Å². The van der Waals surface area contributed by atoms with Gasteiger partial charge in [0, 0.05) is 25.7 Å². The third-order valence-corrected chi connectivity index (χ3v) is 4.29. The fourth-order valence-corrected chi connectivity index (χ4v) is 2.98. The Balaban J connectivity index is 1.91. The highest BCUT2D eigenvalue weighted by Gasteiger charge is 2.23. The molecule has 1 unspecified atom stereocenters. The molecule has 0 aromatic heterocycles. The Morgan fingerprint density at radius 3 is 2.68 bits per heavy atom. The molecule has 3 rings (SSSR count). The standard InChI is InChI=1S/C18H19ClN2O/c1-13-12-21(10-9-20-13)18(22)16-11-15(7-8-17(16)19)14-5-3-2-4-6-14/h2-8,11,13,20H,9-10,12H2,1H3. The molecule has 3 nitrogen and oxygen atoms in total. The number of halogens is 1. The molecule has 1 aliphatic rings. The third kappa shape index (κ3) is 3.16. The SMILES string of the molecule is CC1CN(C(=O)c2cc(-c3ccccc3)ccc2Cl)CCN1. The average molecular weight is 315 g/mol. The van der Waals surface area contributed by atoms with Crippen LogP contribution in [0, 0.1) is 0 Å². The van der Waals surface area contributed by atoms with Gasteiger partial charge in [-0.05, 0) is 30.2 Å². The maximum Gasteiger partial charge on any atom is 0.255 e. The van der Waals surface area contributed by atoms with Crippen LogP contribution in [0.5, 0.6) is 0 Å². The molecule has 0 spiro atoms. The Morgan fingerprint density at radius 2 is 1.95 bits per heavy atom. The van der Waals surface area contributed by atoms with E-state index in [9.17, 15) is 4.79 Å². The Bertz CT molecular complexity index is 672. The molecule has 0 aliphatic carbocycles. The first-order valence-electron chi connectivity index (χ1n) is 7.53. The summed E-state index contributed by atoms with van der Waals surface area (Å²) in [6.07, 6.45) is 0. The molecule has 0 saturated carbocycles. The predicted octanol–water partition coefficient (Wildman–Crippen LogP) is 3.44. The van der Waals surface area contributed by atoms with Crippen molar-refractivity contribution >= 4 is 17.5 Å². The predicted molar refractivity (Wildman–Crippen MR) is 90.3 cm³/mol. The monoisotopic (exact) mass is 314 g/mol. The molecule has 1 atom stereocenters. The van der Waals surface area contributed by atoms with Crippen LogP contribution >= 0.6 is 11.6 Å². The van der Waals surface area contributed by atoms with Gasteiger partial charge in [0.2, 0.25) is 0 Å². The fraction of sp³-hybridized carbons (Fsp3) is 0.278. The van der Waals surface area contributed by atoms with Gasteiger partial charge < -0.3 is 10.2 Å². The van der Waals surface area contributed by atoms with Crippen LogP contribution in [0.1, 0.15) is 17.3 Å². The highest BCUT2D eigenvalue weighted by atomic mass is 35.5. The van der Waals surface area contributed by atoms with E-state index in [0.717, 1.165) is 24.2 Å². The van der Waals surface area contributed by atoms with E-state index in [-0.39, 0.29) is 5.91 Å². The number of nitrogens with zero attached hydrogens (tertiary/aromatic N) is 1. The molecular weight excluding hydrogens is 296 g/mol. The second-order valence-electron chi connectivity index (χ2n) is 5.67. The Labute approximate surface area is 135 Å². The van der Waals surface area contributed by atoms with Crippen molar-refractivity contribution in [3.05, 3.63) is 59.1 Å². The van der Waals surface area contributed by atoms with Crippen LogP contribution in [0.3, 0.4) is 0 Å². The van der Waals surface area contributed by atoms with Crippen molar-refractivity contribution in [1.29, 1.82) is 0 Å². The summed E-state index contributed by atoms with van der Waals surface area (Å²) in [6, 6.07) is 16.0. The number of rotatable bonds is 2. The zero-order valence-corrected chi connectivity index (χ0v) is 13.3. The average Bonchev–Trinajstić information content (AvgIpc) is 2.55. The van der Waals surface area contributed by atoms with Gasteiger partial charge in [0.25, 0.3) is 5.91 Å². The van der Waals surface area contributed by atoms with Crippen molar-refractivity contribution < 1.29 is 4.79 Å². The molecule has 1 aliphatic heterocycles. The van der Waals surface area contributed by atoms with Gasteiger partial charge >= 0.3 is 0 Å². The van der Waals surface area contributed by atoms with E-state index in [4.69, 9.17) is 11.6 Å². The molecule has 22 heavy (non-hydrogen) atoms. The van der Waals surface area contributed by atoms with Crippen molar-refractivity contribution in [2.75, 3.05) is 19.6 Å². The van der Waals surface area contributed by atoms with Crippen LogP contribution in [0.25, 0.3) is 11.1 Å². The number of hydrogen-bond acceptors (Lipinski definition) is 2. The van der Waals surface area contributed by atoms with Crippen LogP contribution in [-0.4, -0.2) is 36.5 Å². The van der Waals surface area contributed by atoms with E-state index in [1.165, 1.54) is 0 Å². The molecule has 1 N–H and O–H groups in total. The molecule has 4 heteroatoms. The van der Waals surface area contributed by atoms with E-state index >= 15 is 0 Å². The van der Waals surface area contributed by atoms with E-state index in [0.29, 0.717) is 23.2 Å². The molecule has 2 aromatic carbocycles. The molecule has 0 radical (unpaired) electrons. The zero-order chi connectivity index (χ0) is 15.5. The number of nitrogens with one attached hydrogen (secondary N) is 1. The Morgan fingerprint density at radius 1 is 1.18 bits per heavy atom. The quantitative estimate of drug-likeness (QED) is 0.921. The highest BCUT2D eigenvalue weighted by Crippen LogP contribution is 2.26. The van der Waals surface area contributed by atoms with Crippen LogP contribution in [0.2, 0.25) is 5.02 Å². The normalized spacial score (nSPS) is 18.3. The van der Waals surface area contributed by atoms with E-state index in [1.807, 2.05) is 53.4 Å². The van der Waals surface area contributed by atoms with Crippen molar-refractivity contribution in [2.24, 2.45) is 0 Å². The topological polar surface area (TPSA) is 32.3 Å². The fourth-order valence-electron chi connectivity index (χ4n) is 2.79. The lowest BCUT2D eigenvalue weighted by molar-refractivity contribution is 0.0709. The summed E-state index contributed by atoms with van der Waals surface area (Å²) < 4.78 is 0. The molecule has 1 amide bonds. The minimum absolute atomic E-state index is 0.0103. The summed E-state index contributed by atoms with van der Waals surface area (Å²) in [5.74, 6) is 0.0103. The molecule has 1 fully saturated rings. The van der Waals surface area contributed by atoms with Gasteiger partial charge in [-0.2, -0.15) is 0 Å². The smallest absolute Gasteiger partial charge is 0.255 e. The number of carbonyl (C=O) groups is 1. The van der Waals surface area contributed by atoms with Gasteiger partial charge in [0.15, 0.2) is 0 Å². The third-order valence-electron chi connectivity index (χ3n) is 3.96. The Hall–Kier alpha value is -1.84. The minimum Gasteiger partial charge on any atom is -0.336 e. The maximum atomic E-state index is 12.8. The van der Waals surface area contributed by atoms with Gasteiger partial charge in [-0.25, -0.2) is 0 Å². The number of piperazine rings is 1. The van der Waals surface area contributed by atoms with Crippen molar-refractivity contribution in [1.82, 2.24) is 10.2 Å². The molecule has 2 aromatic rings. The summed E-state index contributed by atoms with van der Waals surface area (Å²) in [5, 5.41) is 3.85. The number of hydrogen-bond donors (Lipinski definition) is 1. The molecule has 1 heterocycles. The summed E-state index contributed by atoms with van der Waals surface area (Å²) in [4.78, 5) is 14.6. The van der Waals surface area contributed by atoms with Gasteiger partial charge in [0.05, 0.1) is 10.6 Å². The first-order valence-corrected chi connectivity index (χ1v) is 7.90. The molecule has 0 bridgehead atoms. The minimum atomic E-state index is 0.0103.